The van der Waals surface area contributed by atoms with E-state index < -0.39 is 12.0 Å². The molecule has 0 aromatic carbocycles. The summed E-state index contributed by atoms with van der Waals surface area (Å²) < 4.78 is 1.98. The number of aromatic nitrogens is 3. The van der Waals surface area contributed by atoms with Crippen LogP contribution in [0.25, 0.3) is 11.0 Å². The quantitative estimate of drug-likeness (QED) is 0.890. The molecule has 0 bridgehead atoms. The minimum absolute atomic E-state index is 0.439. The van der Waals surface area contributed by atoms with Crippen LogP contribution in [0.1, 0.15) is 6.92 Å². The number of carboxylic acid groups (broad SMARTS) is 1. The summed E-state index contributed by atoms with van der Waals surface area (Å²) in [5, 5.41) is 9.08. The van der Waals surface area contributed by atoms with Crippen molar-refractivity contribution in [3.63, 3.8) is 0 Å². The van der Waals surface area contributed by atoms with E-state index in [0.29, 0.717) is 0 Å². The van der Waals surface area contributed by atoms with Gasteiger partial charge in [0.25, 0.3) is 0 Å². The van der Waals surface area contributed by atoms with Crippen molar-refractivity contribution in [2.75, 3.05) is 31.1 Å². The van der Waals surface area contributed by atoms with Crippen LogP contribution < -0.4 is 4.90 Å². The van der Waals surface area contributed by atoms with Crippen LogP contribution in [0.5, 0.6) is 0 Å². The van der Waals surface area contributed by atoms with Gasteiger partial charge < -0.3 is 14.6 Å². The second kappa shape index (κ2) is 5.33. The Labute approximate surface area is 122 Å². The lowest BCUT2D eigenvalue weighted by atomic mass is 10.2. The van der Waals surface area contributed by atoms with Gasteiger partial charge in [0.15, 0.2) is 5.82 Å². The van der Waals surface area contributed by atoms with Crippen molar-refractivity contribution < 1.29 is 9.90 Å². The molecule has 0 spiro atoms. The number of piperazine rings is 1. The fourth-order valence-electron chi connectivity index (χ4n) is 2.76. The summed E-state index contributed by atoms with van der Waals surface area (Å²) in [5.74, 6) is 0.115. The maximum atomic E-state index is 11.0. The molecule has 1 unspecified atom stereocenters. The van der Waals surface area contributed by atoms with Gasteiger partial charge in [0.1, 0.15) is 11.6 Å². The lowest BCUT2D eigenvalue weighted by molar-refractivity contribution is -0.142. The number of fused-ring (bicyclic) bond motifs is 1. The summed E-state index contributed by atoms with van der Waals surface area (Å²) in [6, 6.07) is 1.51. The van der Waals surface area contributed by atoms with Crippen LogP contribution in [0, 0.1) is 0 Å². The molecule has 0 aliphatic carbocycles. The Kier molecular flexibility index (Phi) is 3.50. The topological polar surface area (TPSA) is 74.5 Å². The van der Waals surface area contributed by atoms with Gasteiger partial charge in [-0.2, -0.15) is 0 Å². The van der Waals surface area contributed by atoms with E-state index in [9.17, 15) is 4.79 Å². The summed E-state index contributed by atoms with van der Waals surface area (Å²) >= 11 is 0. The highest BCUT2D eigenvalue weighted by Crippen LogP contribution is 2.23. The standard InChI is InChI=1S/C14H19N5O2/c1-10(14(20)21)18-5-7-19(8-6-18)13-12-11(3-4-15-13)17(2)9-16-12/h3-4,9-10H,5-8H2,1-2H3,(H,20,21). The Balaban J connectivity index is 1.78. The number of imidazole rings is 1. The Morgan fingerprint density at radius 1 is 1.29 bits per heavy atom. The third kappa shape index (κ3) is 2.44. The molecular weight excluding hydrogens is 270 g/mol. The van der Waals surface area contributed by atoms with Gasteiger partial charge in [-0.1, -0.05) is 0 Å². The number of rotatable bonds is 3. The SMILES string of the molecule is CC(C(=O)O)N1CCN(c2nccc3c2ncn3C)CC1. The largest absolute Gasteiger partial charge is 0.480 e. The molecule has 1 aliphatic heterocycles. The maximum Gasteiger partial charge on any atom is 0.320 e. The Morgan fingerprint density at radius 2 is 2.00 bits per heavy atom. The molecule has 3 rings (SSSR count). The number of pyridine rings is 1. The average molecular weight is 289 g/mol. The monoisotopic (exact) mass is 289 g/mol. The van der Waals surface area contributed by atoms with Crippen LogP contribution in [-0.2, 0) is 11.8 Å². The van der Waals surface area contributed by atoms with Crippen LogP contribution in [0.15, 0.2) is 18.6 Å². The molecule has 0 amide bonds. The first-order valence-corrected chi connectivity index (χ1v) is 7.06. The van der Waals surface area contributed by atoms with E-state index in [0.717, 1.165) is 43.0 Å². The van der Waals surface area contributed by atoms with Crippen LogP contribution in [0.4, 0.5) is 5.82 Å². The predicted octanol–water partition coefficient (Wildman–Crippen LogP) is 0.563. The molecule has 1 fully saturated rings. The first-order valence-electron chi connectivity index (χ1n) is 7.06. The first kappa shape index (κ1) is 13.8. The Hall–Kier alpha value is -2.15. The minimum Gasteiger partial charge on any atom is -0.480 e. The molecule has 2 aromatic heterocycles. The second-order valence-corrected chi connectivity index (χ2v) is 5.39. The zero-order valence-electron chi connectivity index (χ0n) is 12.2. The Bertz CT molecular complexity index is 660. The van der Waals surface area contributed by atoms with Crippen molar-refractivity contribution in [3.8, 4) is 0 Å². The summed E-state index contributed by atoms with van der Waals surface area (Å²) in [6.07, 6.45) is 3.59. The van der Waals surface area contributed by atoms with E-state index in [1.165, 1.54) is 0 Å². The molecule has 112 valence electrons. The minimum atomic E-state index is -0.770. The highest BCUT2D eigenvalue weighted by Gasteiger charge is 2.26. The lowest BCUT2D eigenvalue weighted by Gasteiger charge is -2.37. The van der Waals surface area contributed by atoms with Gasteiger partial charge in [0.2, 0.25) is 0 Å². The van der Waals surface area contributed by atoms with Gasteiger partial charge in [-0.15, -0.1) is 0 Å². The highest BCUT2D eigenvalue weighted by atomic mass is 16.4. The molecule has 2 aromatic rings. The molecule has 0 radical (unpaired) electrons. The van der Waals surface area contributed by atoms with Crippen LogP contribution in [-0.4, -0.2) is 62.7 Å². The fraction of sp³-hybridized carbons (Fsp3) is 0.500. The van der Waals surface area contributed by atoms with Crippen molar-refractivity contribution >= 4 is 22.8 Å². The molecule has 1 atom stereocenters. The number of carbonyl (C=O) groups is 1. The summed E-state index contributed by atoms with van der Waals surface area (Å²) in [6.45, 7) is 4.70. The van der Waals surface area contributed by atoms with Gasteiger partial charge >= 0.3 is 5.97 Å². The van der Waals surface area contributed by atoms with Crippen molar-refractivity contribution in [2.24, 2.45) is 7.05 Å². The zero-order valence-corrected chi connectivity index (χ0v) is 12.2. The van der Waals surface area contributed by atoms with Gasteiger partial charge in [-0.25, -0.2) is 9.97 Å². The molecule has 21 heavy (non-hydrogen) atoms. The number of nitrogens with zero attached hydrogens (tertiary/aromatic N) is 5. The van der Waals surface area contributed by atoms with E-state index in [4.69, 9.17) is 5.11 Å². The van der Waals surface area contributed by atoms with Gasteiger partial charge in [0, 0.05) is 39.4 Å². The third-order valence-electron chi connectivity index (χ3n) is 4.14. The molecule has 1 aliphatic rings. The first-order chi connectivity index (χ1) is 10.1. The van der Waals surface area contributed by atoms with E-state index in [1.807, 2.05) is 22.6 Å². The molecule has 0 saturated carbocycles. The number of hydrogen-bond acceptors (Lipinski definition) is 5. The molecule has 3 heterocycles. The molecule has 1 N–H and O–H groups in total. The highest BCUT2D eigenvalue weighted by molar-refractivity contribution is 5.86. The molecular formula is C14H19N5O2. The second-order valence-electron chi connectivity index (χ2n) is 5.39. The van der Waals surface area contributed by atoms with Crippen LogP contribution in [0.3, 0.4) is 0 Å². The number of hydrogen-bond donors (Lipinski definition) is 1. The lowest BCUT2D eigenvalue weighted by Crippen LogP contribution is -2.52. The molecule has 7 heteroatoms. The fourth-order valence-corrected chi connectivity index (χ4v) is 2.76. The maximum absolute atomic E-state index is 11.0. The summed E-state index contributed by atoms with van der Waals surface area (Å²) in [4.78, 5) is 24.1. The van der Waals surface area contributed by atoms with Gasteiger partial charge in [0.05, 0.1) is 11.8 Å². The van der Waals surface area contributed by atoms with E-state index in [-0.39, 0.29) is 0 Å². The average Bonchev–Trinajstić information content (AvgIpc) is 2.88. The smallest absolute Gasteiger partial charge is 0.320 e. The summed E-state index contributed by atoms with van der Waals surface area (Å²) in [5.41, 5.74) is 1.96. The van der Waals surface area contributed by atoms with Crippen molar-refractivity contribution in [1.82, 2.24) is 19.4 Å². The van der Waals surface area contributed by atoms with Crippen molar-refractivity contribution in [3.05, 3.63) is 18.6 Å². The number of aryl methyl sites for hydroxylation is 1. The predicted molar refractivity (Wildman–Crippen MR) is 79.4 cm³/mol. The van der Waals surface area contributed by atoms with E-state index in [1.54, 1.807) is 19.4 Å². The number of anilines is 1. The molecule has 1 saturated heterocycles. The Morgan fingerprint density at radius 3 is 2.67 bits per heavy atom. The molecule has 7 nitrogen and oxygen atoms in total. The van der Waals surface area contributed by atoms with Crippen LogP contribution in [0.2, 0.25) is 0 Å². The van der Waals surface area contributed by atoms with Gasteiger partial charge in [-0.05, 0) is 13.0 Å². The zero-order chi connectivity index (χ0) is 15.0. The van der Waals surface area contributed by atoms with Gasteiger partial charge in [-0.3, -0.25) is 9.69 Å². The normalized spacial score (nSPS) is 18.1. The third-order valence-corrected chi connectivity index (χ3v) is 4.14. The van der Waals surface area contributed by atoms with Crippen LogP contribution >= 0.6 is 0 Å². The number of carboxylic acids is 1. The van der Waals surface area contributed by atoms with Crippen molar-refractivity contribution in [1.29, 1.82) is 0 Å². The summed E-state index contributed by atoms with van der Waals surface area (Å²) in [7, 11) is 1.96. The number of aliphatic carboxylic acids is 1. The van der Waals surface area contributed by atoms with E-state index >= 15 is 0 Å². The van der Waals surface area contributed by atoms with Crippen molar-refractivity contribution in [2.45, 2.75) is 13.0 Å². The van der Waals surface area contributed by atoms with E-state index in [2.05, 4.69) is 14.9 Å².